The number of phosphoric ester groups is 1. The molecule has 1 N–H and O–H groups in total. The highest BCUT2D eigenvalue weighted by Gasteiger charge is 2.30. The van der Waals surface area contributed by atoms with Crippen LogP contribution >= 0.6 is 7.82 Å². The van der Waals surface area contributed by atoms with E-state index in [1.807, 2.05) is 13.8 Å². The van der Waals surface area contributed by atoms with Crippen molar-refractivity contribution < 1.29 is 47.0 Å². The smallest absolute Gasteiger partial charge is 0.497 e. The Kier molecular flexibility index (Phi) is 12.9. The highest BCUT2D eigenvalue weighted by atomic mass is 31.2. The topological polar surface area (TPSA) is 127 Å². The van der Waals surface area contributed by atoms with Crippen LogP contribution in [-0.4, -0.2) is 44.9 Å². The standard InChI is InChI=1S/C38H43O10P/c1-7-31-25(13-21-33(39)27-9-17-29(43-3)18-10-27)15-23-35(37(31)45-5)47-49(41,42)48-36-24-16-26(32(8-2)38(36)46-6)14-22-34(40)28-11-19-30(44-4)20-12-28/h9-12,15-20,23-24H,7-8,13-14,21-22H2,1-6H3,(H,41,42). The van der Waals surface area contributed by atoms with Gasteiger partial charge in [0, 0.05) is 35.1 Å². The molecule has 49 heavy (non-hydrogen) atoms. The fourth-order valence-electron chi connectivity index (χ4n) is 5.74. The SMILES string of the molecule is CCc1c(CCC(=O)c2ccc(OC)cc2)ccc(OP(=O)(O)Oc2ccc(CCC(=O)c3ccc(OC)cc3)c(CC)c2OC)c1OC. The van der Waals surface area contributed by atoms with Crippen molar-refractivity contribution in [3.63, 3.8) is 0 Å². The molecule has 260 valence electrons. The number of carbonyl (C=O) groups excluding carboxylic acids is 2. The zero-order chi connectivity index (χ0) is 35.6. The van der Waals surface area contributed by atoms with E-state index in [2.05, 4.69) is 0 Å². The van der Waals surface area contributed by atoms with Crippen LogP contribution in [0.2, 0.25) is 0 Å². The van der Waals surface area contributed by atoms with Gasteiger partial charge in [-0.15, -0.1) is 0 Å². The van der Waals surface area contributed by atoms with Crippen LogP contribution in [-0.2, 0) is 30.2 Å². The predicted octanol–water partition coefficient (Wildman–Crippen LogP) is 8.04. The second-order valence-corrected chi connectivity index (χ2v) is 12.4. The van der Waals surface area contributed by atoms with E-state index in [0.717, 1.165) is 22.3 Å². The summed E-state index contributed by atoms with van der Waals surface area (Å²) < 4.78 is 46.1. The lowest BCUT2D eigenvalue weighted by atomic mass is 9.96. The molecule has 0 fully saturated rings. The highest BCUT2D eigenvalue weighted by molar-refractivity contribution is 7.48. The van der Waals surface area contributed by atoms with Crippen molar-refractivity contribution in [3.8, 4) is 34.5 Å². The summed E-state index contributed by atoms with van der Waals surface area (Å²) in [7, 11) is 1.29. The van der Waals surface area contributed by atoms with E-state index in [1.165, 1.54) is 26.4 Å². The molecule has 0 aliphatic heterocycles. The Morgan fingerprint density at radius 2 is 0.939 bits per heavy atom. The van der Waals surface area contributed by atoms with Crippen molar-refractivity contribution in [2.75, 3.05) is 28.4 Å². The lowest BCUT2D eigenvalue weighted by Gasteiger charge is -2.21. The average molecular weight is 691 g/mol. The maximum atomic E-state index is 13.4. The van der Waals surface area contributed by atoms with E-state index in [9.17, 15) is 19.0 Å². The summed E-state index contributed by atoms with van der Waals surface area (Å²) in [5, 5.41) is 0. The minimum Gasteiger partial charge on any atom is -0.497 e. The Morgan fingerprint density at radius 3 is 1.24 bits per heavy atom. The third-order valence-electron chi connectivity index (χ3n) is 8.25. The Morgan fingerprint density at radius 1 is 0.571 bits per heavy atom. The number of benzene rings is 4. The molecule has 11 heteroatoms. The molecule has 0 spiro atoms. The number of ketones is 2. The molecule has 4 rings (SSSR count). The van der Waals surface area contributed by atoms with Crippen molar-refractivity contribution in [2.24, 2.45) is 0 Å². The number of methoxy groups -OCH3 is 4. The molecular weight excluding hydrogens is 647 g/mol. The summed E-state index contributed by atoms with van der Waals surface area (Å²) in [6, 6.07) is 20.5. The predicted molar refractivity (Wildman–Crippen MR) is 187 cm³/mol. The van der Waals surface area contributed by atoms with Crippen LogP contribution in [0.5, 0.6) is 34.5 Å². The van der Waals surface area contributed by atoms with Crippen LogP contribution in [0.15, 0.2) is 72.8 Å². The van der Waals surface area contributed by atoms with E-state index >= 15 is 0 Å². The van der Waals surface area contributed by atoms with Gasteiger partial charge >= 0.3 is 7.82 Å². The van der Waals surface area contributed by atoms with Crippen molar-refractivity contribution in [2.45, 2.75) is 52.4 Å². The molecule has 0 heterocycles. The van der Waals surface area contributed by atoms with E-state index in [4.69, 9.17) is 28.0 Å². The molecule has 0 amide bonds. The molecular formula is C38H43O10P. The second kappa shape index (κ2) is 17.0. The Labute approximate surface area is 287 Å². The van der Waals surface area contributed by atoms with Crippen molar-refractivity contribution in [3.05, 3.63) is 106 Å². The Bertz CT molecular complexity index is 1670. The summed E-state index contributed by atoms with van der Waals surface area (Å²) in [6.07, 6.45) is 2.45. The minimum atomic E-state index is -4.75. The number of carbonyl (C=O) groups is 2. The van der Waals surface area contributed by atoms with Gasteiger partial charge < -0.3 is 28.0 Å². The quantitative estimate of drug-likeness (QED) is 0.0810. The van der Waals surface area contributed by atoms with Crippen LogP contribution in [0.1, 0.15) is 69.7 Å². The first kappa shape index (κ1) is 37.0. The summed E-state index contributed by atoms with van der Waals surface area (Å²) in [4.78, 5) is 36.6. The fraction of sp³-hybridized carbons (Fsp3) is 0.316. The van der Waals surface area contributed by atoms with Crippen LogP contribution < -0.4 is 28.0 Å². The first-order chi connectivity index (χ1) is 23.6. The molecule has 0 saturated carbocycles. The van der Waals surface area contributed by atoms with Gasteiger partial charge in [-0.3, -0.25) is 14.5 Å². The lowest BCUT2D eigenvalue weighted by Crippen LogP contribution is -2.08. The van der Waals surface area contributed by atoms with Crippen LogP contribution in [0.25, 0.3) is 0 Å². The molecule has 0 aliphatic carbocycles. The van der Waals surface area contributed by atoms with Gasteiger partial charge in [0.1, 0.15) is 11.5 Å². The highest BCUT2D eigenvalue weighted by Crippen LogP contribution is 2.51. The van der Waals surface area contributed by atoms with Crippen molar-refractivity contribution in [1.29, 1.82) is 0 Å². The van der Waals surface area contributed by atoms with Crippen LogP contribution in [0, 0.1) is 0 Å². The molecule has 4 aromatic rings. The van der Waals surface area contributed by atoms with E-state index in [1.54, 1.807) is 74.9 Å². The largest absolute Gasteiger partial charge is 0.585 e. The molecule has 0 saturated heterocycles. The molecule has 4 aromatic carbocycles. The number of hydrogen-bond donors (Lipinski definition) is 1. The number of rotatable bonds is 18. The third-order valence-corrected chi connectivity index (χ3v) is 9.11. The lowest BCUT2D eigenvalue weighted by molar-refractivity contribution is 0.0974. The fourth-order valence-corrected chi connectivity index (χ4v) is 6.56. The molecule has 0 bridgehead atoms. The second-order valence-electron chi connectivity index (χ2n) is 11.1. The number of ether oxygens (including phenoxy) is 4. The Hall–Kier alpha value is -4.79. The summed E-state index contributed by atoms with van der Waals surface area (Å²) in [5.74, 6) is 1.93. The Balaban J connectivity index is 1.49. The third kappa shape index (κ3) is 9.22. The van der Waals surface area contributed by atoms with E-state index < -0.39 is 7.82 Å². The number of Topliss-reactive ketones (excluding diaryl/α,β-unsaturated/α-hetero) is 2. The first-order valence-electron chi connectivity index (χ1n) is 16.0. The number of hydrogen-bond acceptors (Lipinski definition) is 9. The molecule has 0 aromatic heterocycles. The monoisotopic (exact) mass is 690 g/mol. The number of phosphoric acid groups is 1. The molecule has 0 radical (unpaired) electrons. The minimum absolute atomic E-state index is 0.0208. The van der Waals surface area contributed by atoms with Gasteiger partial charge in [-0.25, -0.2) is 4.57 Å². The molecule has 0 aliphatic rings. The van der Waals surface area contributed by atoms with Gasteiger partial charge in [-0.2, -0.15) is 0 Å². The summed E-state index contributed by atoms with van der Waals surface area (Å²) in [6.45, 7) is 3.85. The van der Waals surface area contributed by atoms with Gasteiger partial charge in [0.15, 0.2) is 34.6 Å². The molecule has 0 atom stereocenters. The van der Waals surface area contributed by atoms with Crippen molar-refractivity contribution >= 4 is 19.4 Å². The van der Waals surface area contributed by atoms with Gasteiger partial charge in [-0.05, 0) is 97.5 Å². The van der Waals surface area contributed by atoms with Crippen LogP contribution in [0.4, 0.5) is 0 Å². The van der Waals surface area contributed by atoms with Gasteiger partial charge in [0.2, 0.25) is 0 Å². The molecule has 10 nitrogen and oxygen atoms in total. The van der Waals surface area contributed by atoms with Gasteiger partial charge in [-0.1, -0.05) is 26.0 Å². The van der Waals surface area contributed by atoms with Crippen LogP contribution in [0.3, 0.4) is 0 Å². The maximum Gasteiger partial charge on any atom is 0.585 e. The summed E-state index contributed by atoms with van der Waals surface area (Å²) in [5.41, 5.74) is 4.39. The summed E-state index contributed by atoms with van der Waals surface area (Å²) >= 11 is 0. The first-order valence-corrected chi connectivity index (χ1v) is 17.5. The normalized spacial score (nSPS) is 11.1. The average Bonchev–Trinajstić information content (AvgIpc) is 3.12. The zero-order valence-corrected chi connectivity index (χ0v) is 29.6. The zero-order valence-electron chi connectivity index (χ0n) is 28.7. The van der Waals surface area contributed by atoms with Crippen molar-refractivity contribution in [1.82, 2.24) is 0 Å². The van der Waals surface area contributed by atoms with E-state index in [-0.39, 0.29) is 47.4 Å². The molecule has 0 unspecified atom stereocenters. The van der Waals surface area contributed by atoms with Gasteiger partial charge in [0.25, 0.3) is 0 Å². The van der Waals surface area contributed by atoms with Gasteiger partial charge in [0.05, 0.1) is 28.4 Å². The number of aryl methyl sites for hydroxylation is 2. The van der Waals surface area contributed by atoms with E-state index in [0.29, 0.717) is 48.3 Å². The maximum absolute atomic E-state index is 13.4.